The molecule has 2 aliphatic rings. The van der Waals surface area contributed by atoms with E-state index in [4.69, 9.17) is 14.9 Å². The van der Waals surface area contributed by atoms with Crippen LogP contribution in [0.4, 0.5) is 9.59 Å². The largest absolute Gasteiger partial charge is 0.453 e. The minimum atomic E-state index is -0.759. The maximum atomic E-state index is 13.5. The van der Waals surface area contributed by atoms with E-state index in [1.807, 2.05) is 52.0 Å². The predicted molar refractivity (Wildman–Crippen MR) is 206 cm³/mol. The monoisotopic (exact) mass is 758 g/mol. The minimum absolute atomic E-state index is 0.0478. The van der Waals surface area contributed by atoms with Crippen molar-refractivity contribution in [1.29, 1.82) is 5.41 Å². The number of aromatic nitrogens is 2. The number of methoxy groups -OCH3 is 2. The molecule has 1 aromatic heterocycles. The van der Waals surface area contributed by atoms with Crippen molar-refractivity contribution in [3.05, 3.63) is 53.1 Å². The van der Waals surface area contributed by atoms with Crippen molar-refractivity contribution in [2.75, 3.05) is 47.0 Å². The molecule has 2 saturated heterocycles. The first-order valence-electron chi connectivity index (χ1n) is 18.6. The number of nitrogens with zero attached hydrogens (tertiary/aromatic N) is 3. The molecule has 1 aromatic carbocycles. The highest BCUT2D eigenvalue weighted by atomic mass is 16.5. The Kier molecular flexibility index (Phi) is 15.3. The Morgan fingerprint density at radius 3 is 2.05 bits per heavy atom. The molecule has 2 fully saturated rings. The Labute approximate surface area is 323 Å². The van der Waals surface area contributed by atoms with Crippen LogP contribution >= 0.6 is 0 Å². The molecule has 6 N–H and O–H groups in total. The molecule has 4 amide bonds. The summed E-state index contributed by atoms with van der Waals surface area (Å²) in [7, 11) is 2.52. The number of benzene rings is 1. The second-order valence-corrected chi connectivity index (χ2v) is 14.9. The summed E-state index contributed by atoms with van der Waals surface area (Å²) in [6, 6.07) is 5.39. The molecule has 4 rings (SSSR count). The molecule has 15 heteroatoms. The van der Waals surface area contributed by atoms with Crippen LogP contribution in [0.3, 0.4) is 0 Å². The predicted octanol–water partition coefficient (Wildman–Crippen LogP) is 2.65. The van der Waals surface area contributed by atoms with Gasteiger partial charge in [0.05, 0.1) is 32.2 Å². The van der Waals surface area contributed by atoms with Gasteiger partial charge in [-0.15, -0.1) is 0 Å². The molecule has 15 nitrogen and oxygen atoms in total. The van der Waals surface area contributed by atoms with Gasteiger partial charge in [0.2, 0.25) is 11.8 Å². The lowest BCUT2D eigenvalue weighted by Gasteiger charge is -2.31. The summed E-state index contributed by atoms with van der Waals surface area (Å²) >= 11 is 0. The Morgan fingerprint density at radius 2 is 1.49 bits per heavy atom. The van der Waals surface area contributed by atoms with Gasteiger partial charge in [0.1, 0.15) is 23.6 Å². The zero-order chi connectivity index (χ0) is 40.2. The zero-order valence-electron chi connectivity index (χ0n) is 32.7. The van der Waals surface area contributed by atoms with Crippen LogP contribution in [-0.4, -0.2) is 120 Å². The van der Waals surface area contributed by atoms with Gasteiger partial charge in [0, 0.05) is 55.9 Å². The van der Waals surface area contributed by atoms with E-state index in [1.165, 1.54) is 14.2 Å². The molecule has 0 spiro atoms. The van der Waals surface area contributed by atoms with E-state index in [2.05, 4.69) is 56.5 Å². The van der Waals surface area contributed by atoms with Crippen molar-refractivity contribution in [2.45, 2.75) is 71.6 Å². The number of carbonyl (C=O) groups is 4. The van der Waals surface area contributed by atoms with E-state index < -0.39 is 24.3 Å². The number of H-pyrrole nitrogens is 1. The van der Waals surface area contributed by atoms with Crippen molar-refractivity contribution >= 4 is 29.7 Å². The number of aliphatic hydroxyl groups is 1. The number of amides is 4. The van der Waals surface area contributed by atoms with Gasteiger partial charge < -0.3 is 45.3 Å². The summed E-state index contributed by atoms with van der Waals surface area (Å²) in [5.74, 6) is 12.2. The molecule has 0 radical (unpaired) electrons. The number of aromatic amines is 1. The number of imidazole rings is 1. The standard InChI is InChI=1S/C40H54N8O7/c1-24(2)34(45-39(52)54-6)37(50)47-22-29(23-49)17-32(47)20-42-18-30(41)14-12-27-8-10-28(11-9-27)13-15-31-19-43-36(44-31)33-16-26(5)21-48(33)38(51)35(25(3)4)46-40(53)55-7/h8-11,19,24-26,29,32-35,41-42,49H,16-18,20-23H2,1-7H3,(H,43,44)(H,45,52)(H,46,53). The lowest BCUT2D eigenvalue weighted by Crippen LogP contribution is -2.54. The first kappa shape index (κ1) is 42.4. The highest BCUT2D eigenvalue weighted by molar-refractivity contribution is 6.00. The number of hydrogen-bond acceptors (Lipinski definition) is 10. The minimum Gasteiger partial charge on any atom is -0.453 e. The van der Waals surface area contributed by atoms with Gasteiger partial charge in [-0.05, 0) is 66.7 Å². The maximum absolute atomic E-state index is 13.5. The fourth-order valence-electron chi connectivity index (χ4n) is 6.82. The molecular weight excluding hydrogens is 704 g/mol. The fourth-order valence-corrected chi connectivity index (χ4v) is 6.82. The van der Waals surface area contributed by atoms with E-state index in [1.54, 1.807) is 16.0 Å². The quantitative estimate of drug-likeness (QED) is 0.139. The maximum Gasteiger partial charge on any atom is 0.407 e. The van der Waals surface area contributed by atoms with Crippen LogP contribution in [0.25, 0.3) is 0 Å². The zero-order valence-corrected chi connectivity index (χ0v) is 32.7. The molecular formula is C40H54N8O7. The van der Waals surface area contributed by atoms with Crippen molar-refractivity contribution in [2.24, 2.45) is 23.7 Å². The van der Waals surface area contributed by atoms with Gasteiger partial charge >= 0.3 is 12.2 Å². The van der Waals surface area contributed by atoms with Gasteiger partial charge in [-0.1, -0.05) is 46.5 Å². The SMILES string of the molecule is COC(=O)NC(C(=O)N1CC(CO)CC1CNCC(=N)C#Cc1ccc(C#Cc2cnc(C3CC(C)CN3C(=O)C(NC(=O)OC)C(C)C)[nH]2)cc1)C(C)C. The smallest absolute Gasteiger partial charge is 0.407 e. The fraction of sp³-hybridized carbons (Fsp3) is 0.550. The summed E-state index contributed by atoms with van der Waals surface area (Å²) in [4.78, 5) is 62.0. The third kappa shape index (κ3) is 11.6. The lowest BCUT2D eigenvalue weighted by molar-refractivity contribution is -0.136. The topological polar surface area (TPSA) is 202 Å². The summed E-state index contributed by atoms with van der Waals surface area (Å²) < 4.78 is 9.43. The van der Waals surface area contributed by atoms with E-state index >= 15 is 0 Å². The first-order valence-corrected chi connectivity index (χ1v) is 18.6. The van der Waals surface area contributed by atoms with Crippen LogP contribution in [0.5, 0.6) is 0 Å². The lowest BCUT2D eigenvalue weighted by atomic mass is 10.0. The van der Waals surface area contributed by atoms with Crippen molar-refractivity contribution in [3.8, 4) is 23.7 Å². The van der Waals surface area contributed by atoms with E-state index in [0.29, 0.717) is 37.6 Å². The summed E-state index contributed by atoms with van der Waals surface area (Å²) in [6.07, 6.45) is 1.66. The Balaban J connectivity index is 1.32. The number of hydrogen-bond donors (Lipinski definition) is 6. The number of nitrogens with one attached hydrogen (secondary N) is 5. The van der Waals surface area contributed by atoms with Gasteiger partial charge in [0.15, 0.2) is 0 Å². The summed E-state index contributed by atoms with van der Waals surface area (Å²) in [5.41, 5.74) is 2.26. The van der Waals surface area contributed by atoms with E-state index in [9.17, 15) is 24.3 Å². The number of aliphatic hydroxyl groups excluding tert-OH is 1. The second kappa shape index (κ2) is 19.8. The number of alkyl carbamates (subject to hydrolysis) is 2. The highest BCUT2D eigenvalue weighted by Gasteiger charge is 2.41. The normalized spacial score (nSPS) is 20.2. The molecule has 2 aliphatic heterocycles. The molecule has 0 bridgehead atoms. The first-order chi connectivity index (χ1) is 26.2. The van der Waals surface area contributed by atoms with Crippen LogP contribution < -0.4 is 16.0 Å². The molecule has 0 aliphatic carbocycles. The average Bonchev–Trinajstić information content (AvgIpc) is 3.92. The molecule has 296 valence electrons. The van der Waals surface area contributed by atoms with Gasteiger partial charge in [-0.3, -0.25) is 15.0 Å². The number of rotatable bonds is 12. The van der Waals surface area contributed by atoms with Gasteiger partial charge in [-0.25, -0.2) is 14.6 Å². The third-order valence-corrected chi connectivity index (χ3v) is 9.80. The van der Waals surface area contributed by atoms with Crippen LogP contribution in [0.2, 0.25) is 0 Å². The molecule has 6 unspecified atom stereocenters. The number of carbonyl (C=O) groups excluding carboxylic acids is 4. The molecule has 2 aromatic rings. The van der Waals surface area contributed by atoms with E-state index in [0.717, 1.165) is 17.5 Å². The Morgan fingerprint density at radius 1 is 0.909 bits per heavy atom. The molecule has 0 saturated carbocycles. The second-order valence-electron chi connectivity index (χ2n) is 14.9. The van der Waals surface area contributed by atoms with Crippen LogP contribution in [-0.2, 0) is 19.1 Å². The Hall–Kier alpha value is -5.38. The van der Waals surface area contributed by atoms with Crippen molar-refractivity contribution < 1.29 is 33.8 Å². The van der Waals surface area contributed by atoms with Gasteiger partial charge in [0.25, 0.3) is 0 Å². The number of likely N-dealkylation sites (tertiary alicyclic amines) is 2. The molecule has 6 atom stereocenters. The van der Waals surface area contributed by atoms with E-state index in [-0.39, 0.29) is 66.4 Å². The highest BCUT2D eigenvalue weighted by Crippen LogP contribution is 2.35. The van der Waals surface area contributed by atoms with Crippen molar-refractivity contribution in [1.82, 2.24) is 35.7 Å². The number of ether oxygens (including phenoxy) is 2. The van der Waals surface area contributed by atoms with Gasteiger partial charge in [-0.2, -0.15) is 0 Å². The molecule has 3 heterocycles. The van der Waals surface area contributed by atoms with Crippen LogP contribution in [0.1, 0.15) is 76.1 Å². The summed E-state index contributed by atoms with van der Waals surface area (Å²) in [5, 5.41) is 26.6. The van der Waals surface area contributed by atoms with Crippen LogP contribution in [0.15, 0.2) is 30.5 Å². The third-order valence-electron chi connectivity index (χ3n) is 9.80. The molecule has 55 heavy (non-hydrogen) atoms. The average molecular weight is 759 g/mol. The van der Waals surface area contributed by atoms with Crippen molar-refractivity contribution in [3.63, 3.8) is 0 Å². The summed E-state index contributed by atoms with van der Waals surface area (Å²) in [6.45, 7) is 11.0. The van der Waals surface area contributed by atoms with Crippen LogP contribution in [0, 0.1) is 52.8 Å². The Bertz CT molecular complexity index is 1800.